The summed E-state index contributed by atoms with van der Waals surface area (Å²) >= 11 is 1.16. The SMILES string of the molecule is COC(=O)C(Nc1snc(C)c1C#N)c1ccccc1. The third-order valence-corrected chi connectivity index (χ3v) is 3.69. The number of carbonyl (C=O) groups excluding carboxylic acids is 1. The van der Waals surface area contributed by atoms with Gasteiger partial charge in [-0.25, -0.2) is 4.79 Å². The molecule has 1 N–H and O–H groups in total. The Kier molecular flexibility index (Phi) is 4.33. The summed E-state index contributed by atoms with van der Waals surface area (Å²) in [6, 6.07) is 10.6. The Morgan fingerprint density at radius 1 is 1.45 bits per heavy atom. The first-order chi connectivity index (χ1) is 9.67. The van der Waals surface area contributed by atoms with Crippen molar-refractivity contribution in [2.45, 2.75) is 13.0 Å². The van der Waals surface area contributed by atoms with E-state index in [0.717, 1.165) is 17.1 Å². The number of methoxy groups -OCH3 is 1. The van der Waals surface area contributed by atoms with Crippen LogP contribution in [0.25, 0.3) is 0 Å². The van der Waals surface area contributed by atoms with Crippen LogP contribution in [0.15, 0.2) is 30.3 Å². The van der Waals surface area contributed by atoms with Gasteiger partial charge in [0.05, 0.1) is 12.8 Å². The first-order valence-corrected chi connectivity index (χ1v) is 6.70. The number of esters is 1. The van der Waals surface area contributed by atoms with Gasteiger partial charge in [-0.3, -0.25) is 0 Å². The molecule has 1 atom stereocenters. The molecule has 1 heterocycles. The van der Waals surface area contributed by atoms with E-state index in [1.165, 1.54) is 7.11 Å². The van der Waals surface area contributed by atoms with E-state index in [4.69, 9.17) is 10.00 Å². The van der Waals surface area contributed by atoms with Crippen molar-refractivity contribution in [2.75, 3.05) is 12.4 Å². The van der Waals surface area contributed by atoms with Gasteiger partial charge < -0.3 is 10.1 Å². The quantitative estimate of drug-likeness (QED) is 0.875. The summed E-state index contributed by atoms with van der Waals surface area (Å²) in [5.41, 5.74) is 1.88. The summed E-state index contributed by atoms with van der Waals surface area (Å²) in [5, 5.41) is 12.7. The second kappa shape index (κ2) is 6.17. The van der Waals surface area contributed by atoms with Gasteiger partial charge in [0.2, 0.25) is 0 Å². The van der Waals surface area contributed by atoms with E-state index in [0.29, 0.717) is 16.3 Å². The molecule has 2 rings (SSSR count). The molecule has 0 aliphatic carbocycles. The number of nitrogens with one attached hydrogen (secondary N) is 1. The van der Waals surface area contributed by atoms with E-state index in [9.17, 15) is 4.79 Å². The van der Waals surface area contributed by atoms with Crippen molar-refractivity contribution in [1.29, 1.82) is 5.26 Å². The van der Waals surface area contributed by atoms with Gasteiger partial charge in [0.15, 0.2) is 6.04 Å². The predicted molar refractivity (Wildman–Crippen MR) is 76.4 cm³/mol. The third kappa shape index (κ3) is 2.78. The summed E-state index contributed by atoms with van der Waals surface area (Å²) in [7, 11) is 1.34. The molecule has 2 aromatic rings. The first kappa shape index (κ1) is 14.0. The molecular formula is C14H13N3O2S. The van der Waals surface area contributed by atoms with Crippen LogP contribution in [0, 0.1) is 18.3 Å². The van der Waals surface area contributed by atoms with Gasteiger partial charge in [-0.1, -0.05) is 30.3 Å². The van der Waals surface area contributed by atoms with Gasteiger partial charge in [-0.15, -0.1) is 0 Å². The fraction of sp³-hybridized carbons (Fsp3) is 0.214. The number of ether oxygens (including phenoxy) is 1. The Morgan fingerprint density at radius 2 is 2.15 bits per heavy atom. The predicted octanol–water partition coefficient (Wildman–Crippen LogP) is 2.65. The molecule has 1 aromatic carbocycles. The summed E-state index contributed by atoms with van der Waals surface area (Å²) in [4.78, 5) is 11.9. The van der Waals surface area contributed by atoms with Crippen LogP contribution in [-0.4, -0.2) is 17.5 Å². The van der Waals surface area contributed by atoms with Gasteiger partial charge in [0.25, 0.3) is 0 Å². The van der Waals surface area contributed by atoms with Crippen molar-refractivity contribution in [3.05, 3.63) is 47.2 Å². The number of hydrogen-bond donors (Lipinski definition) is 1. The number of nitrogens with zero attached hydrogens (tertiary/aromatic N) is 2. The van der Waals surface area contributed by atoms with Crippen LogP contribution in [-0.2, 0) is 9.53 Å². The number of rotatable bonds is 4. The molecule has 20 heavy (non-hydrogen) atoms. The highest BCUT2D eigenvalue weighted by molar-refractivity contribution is 7.10. The minimum atomic E-state index is -0.659. The molecule has 0 aliphatic rings. The van der Waals surface area contributed by atoms with E-state index < -0.39 is 12.0 Å². The smallest absolute Gasteiger partial charge is 0.333 e. The van der Waals surface area contributed by atoms with Crippen LogP contribution >= 0.6 is 11.5 Å². The molecule has 6 heteroatoms. The molecule has 0 spiro atoms. The third-order valence-electron chi connectivity index (χ3n) is 2.82. The Hall–Kier alpha value is -2.39. The van der Waals surface area contributed by atoms with Crippen molar-refractivity contribution < 1.29 is 9.53 Å². The average Bonchev–Trinajstić information content (AvgIpc) is 2.84. The maximum absolute atomic E-state index is 11.9. The molecule has 0 fully saturated rings. The van der Waals surface area contributed by atoms with Crippen LogP contribution in [0.4, 0.5) is 5.00 Å². The molecule has 0 amide bonds. The average molecular weight is 287 g/mol. The Bertz CT molecular complexity index is 646. The number of carbonyl (C=O) groups is 1. The highest BCUT2D eigenvalue weighted by Crippen LogP contribution is 2.28. The maximum atomic E-state index is 11.9. The van der Waals surface area contributed by atoms with Gasteiger partial charge in [0, 0.05) is 0 Å². The monoisotopic (exact) mass is 287 g/mol. The number of aryl methyl sites for hydroxylation is 1. The molecule has 1 aromatic heterocycles. The van der Waals surface area contributed by atoms with Crippen LogP contribution in [0.1, 0.15) is 22.9 Å². The molecule has 0 bridgehead atoms. The summed E-state index contributed by atoms with van der Waals surface area (Å²) in [6.07, 6.45) is 0. The van der Waals surface area contributed by atoms with E-state index in [2.05, 4.69) is 15.8 Å². The van der Waals surface area contributed by atoms with E-state index >= 15 is 0 Å². The fourth-order valence-electron chi connectivity index (χ4n) is 1.77. The van der Waals surface area contributed by atoms with Crippen molar-refractivity contribution in [2.24, 2.45) is 0 Å². The second-order valence-electron chi connectivity index (χ2n) is 4.10. The number of benzene rings is 1. The first-order valence-electron chi connectivity index (χ1n) is 5.93. The highest BCUT2D eigenvalue weighted by atomic mass is 32.1. The normalized spacial score (nSPS) is 11.4. The molecule has 0 radical (unpaired) electrons. The molecule has 1 unspecified atom stereocenters. The van der Waals surface area contributed by atoms with Crippen molar-refractivity contribution in [3.8, 4) is 6.07 Å². The lowest BCUT2D eigenvalue weighted by atomic mass is 10.1. The molecule has 0 saturated heterocycles. The number of hydrogen-bond acceptors (Lipinski definition) is 6. The number of aromatic nitrogens is 1. The van der Waals surface area contributed by atoms with Crippen molar-refractivity contribution in [3.63, 3.8) is 0 Å². The summed E-state index contributed by atoms with van der Waals surface area (Å²) < 4.78 is 8.94. The van der Waals surface area contributed by atoms with Crippen LogP contribution in [0.5, 0.6) is 0 Å². The van der Waals surface area contributed by atoms with Crippen LogP contribution < -0.4 is 5.32 Å². The van der Waals surface area contributed by atoms with E-state index in [-0.39, 0.29) is 0 Å². The fourth-order valence-corrected chi connectivity index (χ4v) is 2.55. The zero-order chi connectivity index (χ0) is 14.5. The standard InChI is InChI=1S/C14H13N3O2S/c1-9-11(8-15)13(20-17-9)16-12(14(18)19-2)10-6-4-3-5-7-10/h3-7,12,16H,1-2H3. The van der Waals surface area contributed by atoms with Gasteiger partial charge in [0.1, 0.15) is 16.6 Å². The Morgan fingerprint density at radius 3 is 2.75 bits per heavy atom. The highest BCUT2D eigenvalue weighted by Gasteiger charge is 2.23. The molecule has 102 valence electrons. The minimum Gasteiger partial charge on any atom is -0.467 e. The minimum absolute atomic E-state index is 0.411. The second-order valence-corrected chi connectivity index (χ2v) is 4.87. The molecule has 0 saturated carbocycles. The Balaban J connectivity index is 2.34. The van der Waals surface area contributed by atoms with Crippen molar-refractivity contribution in [1.82, 2.24) is 4.37 Å². The van der Waals surface area contributed by atoms with Gasteiger partial charge in [-0.2, -0.15) is 9.64 Å². The molecule has 5 nitrogen and oxygen atoms in total. The molecule has 0 aliphatic heterocycles. The summed E-state index contributed by atoms with van der Waals surface area (Å²) in [5.74, 6) is -0.411. The van der Waals surface area contributed by atoms with Crippen molar-refractivity contribution >= 4 is 22.5 Å². The molecular weight excluding hydrogens is 274 g/mol. The largest absolute Gasteiger partial charge is 0.467 e. The van der Waals surface area contributed by atoms with Gasteiger partial charge in [-0.05, 0) is 24.0 Å². The zero-order valence-corrected chi connectivity index (χ0v) is 11.9. The van der Waals surface area contributed by atoms with Crippen LogP contribution in [0.2, 0.25) is 0 Å². The van der Waals surface area contributed by atoms with Crippen LogP contribution in [0.3, 0.4) is 0 Å². The number of anilines is 1. The maximum Gasteiger partial charge on any atom is 0.333 e. The Labute approximate surface area is 121 Å². The van der Waals surface area contributed by atoms with Gasteiger partial charge >= 0.3 is 5.97 Å². The lowest BCUT2D eigenvalue weighted by Crippen LogP contribution is -2.22. The topological polar surface area (TPSA) is 75.0 Å². The van der Waals surface area contributed by atoms with E-state index in [1.807, 2.05) is 30.3 Å². The summed E-state index contributed by atoms with van der Waals surface area (Å²) in [6.45, 7) is 1.76. The van der Waals surface area contributed by atoms with E-state index in [1.54, 1.807) is 6.92 Å². The number of nitriles is 1. The lowest BCUT2D eigenvalue weighted by molar-refractivity contribution is -0.141. The lowest BCUT2D eigenvalue weighted by Gasteiger charge is -2.16. The zero-order valence-electron chi connectivity index (χ0n) is 11.1.